The molecule has 0 radical (unpaired) electrons. The fourth-order valence-electron chi connectivity index (χ4n) is 2.49. The number of benzene rings is 1. The molecule has 0 saturated heterocycles. The van der Waals surface area contributed by atoms with Gasteiger partial charge < -0.3 is 15.2 Å². The standard InChI is InChI=1S/C16H19NO3/c1-11(12-7-3-2-4-8-12)17-15(18)13-9-5-6-10-14(13)16(19)20/h2-4,7-8,11H,5-6,9-10H2,1H3,(H,17,18)(H,19,20)/p-1/t11-/m0/s1. The maximum atomic E-state index is 12.2. The first-order valence-electron chi connectivity index (χ1n) is 6.88. The highest BCUT2D eigenvalue weighted by atomic mass is 16.4. The fraction of sp³-hybridized carbons (Fsp3) is 0.375. The molecule has 0 aliphatic heterocycles. The van der Waals surface area contributed by atoms with Crippen molar-refractivity contribution in [2.45, 2.75) is 38.6 Å². The smallest absolute Gasteiger partial charge is 0.248 e. The van der Waals surface area contributed by atoms with Crippen LogP contribution in [0, 0.1) is 0 Å². The van der Waals surface area contributed by atoms with Gasteiger partial charge in [-0.05, 0) is 43.7 Å². The van der Waals surface area contributed by atoms with Crippen molar-refractivity contribution in [2.24, 2.45) is 0 Å². The highest BCUT2D eigenvalue weighted by Gasteiger charge is 2.21. The van der Waals surface area contributed by atoms with Crippen LogP contribution in [0.25, 0.3) is 0 Å². The molecule has 20 heavy (non-hydrogen) atoms. The number of carbonyl (C=O) groups is 2. The van der Waals surface area contributed by atoms with E-state index in [4.69, 9.17) is 0 Å². The SMILES string of the molecule is C[C@H](NC(=O)C1=C(C(=O)[O-])CCCC1)c1ccccc1. The van der Waals surface area contributed by atoms with Gasteiger partial charge in [-0.3, -0.25) is 4.79 Å². The minimum absolute atomic E-state index is 0.152. The Bertz CT molecular complexity index is 534. The van der Waals surface area contributed by atoms with Gasteiger partial charge in [-0.25, -0.2) is 0 Å². The average Bonchev–Trinajstić information content (AvgIpc) is 2.48. The molecule has 0 saturated carbocycles. The summed E-state index contributed by atoms with van der Waals surface area (Å²) in [5.74, 6) is -1.51. The van der Waals surface area contributed by atoms with Gasteiger partial charge in [0.1, 0.15) is 0 Å². The fourth-order valence-corrected chi connectivity index (χ4v) is 2.49. The zero-order valence-corrected chi connectivity index (χ0v) is 11.5. The Morgan fingerprint density at radius 3 is 2.30 bits per heavy atom. The number of hydrogen-bond donors (Lipinski definition) is 1. The first kappa shape index (κ1) is 14.3. The number of carboxylic acid groups (broad SMARTS) is 1. The first-order chi connectivity index (χ1) is 9.59. The molecule has 4 nitrogen and oxygen atoms in total. The van der Waals surface area contributed by atoms with Crippen molar-refractivity contribution in [3.63, 3.8) is 0 Å². The Kier molecular flexibility index (Phi) is 4.56. The topological polar surface area (TPSA) is 69.2 Å². The number of aliphatic carboxylic acids is 1. The van der Waals surface area contributed by atoms with Gasteiger partial charge in [0.15, 0.2) is 0 Å². The van der Waals surface area contributed by atoms with Crippen LogP contribution in [0.4, 0.5) is 0 Å². The lowest BCUT2D eigenvalue weighted by atomic mass is 9.91. The molecule has 1 amide bonds. The first-order valence-corrected chi connectivity index (χ1v) is 6.88. The quantitative estimate of drug-likeness (QED) is 0.902. The molecule has 1 aliphatic rings. The van der Waals surface area contributed by atoms with E-state index in [0.717, 1.165) is 18.4 Å². The Morgan fingerprint density at radius 1 is 1.10 bits per heavy atom. The van der Waals surface area contributed by atoms with Gasteiger partial charge in [-0.15, -0.1) is 0 Å². The molecule has 0 fully saturated rings. The maximum Gasteiger partial charge on any atom is 0.248 e. The van der Waals surface area contributed by atoms with Crippen LogP contribution >= 0.6 is 0 Å². The Hall–Kier alpha value is -2.10. The van der Waals surface area contributed by atoms with Gasteiger partial charge in [0.05, 0.1) is 12.0 Å². The van der Waals surface area contributed by atoms with E-state index < -0.39 is 5.97 Å². The molecule has 0 unspecified atom stereocenters. The number of amides is 1. The lowest BCUT2D eigenvalue weighted by Crippen LogP contribution is -2.33. The maximum absolute atomic E-state index is 12.2. The Morgan fingerprint density at radius 2 is 1.70 bits per heavy atom. The van der Waals surface area contributed by atoms with Crippen molar-refractivity contribution in [2.75, 3.05) is 0 Å². The number of carbonyl (C=O) groups excluding carboxylic acids is 2. The normalized spacial score (nSPS) is 16.6. The summed E-state index contributed by atoms with van der Waals surface area (Å²) in [6, 6.07) is 9.44. The average molecular weight is 272 g/mol. The molecule has 106 valence electrons. The molecular weight excluding hydrogens is 254 g/mol. The second-order valence-electron chi connectivity index (χ2n) is 5.06. The van der Waals surface area contributed by atoms with E-state index in [-0.39, 0.29) is 17.5 Å². The largest absolute Gasteiger partial charge is 0.545 e. The zero-order chi connectivity index (χ0) is 14.5. The molecule has 1 N–H and O–H groups in total. The molecule has 0 bridgehead atoms. The third-order valence-corrected chi connectivity index (χ3v) is 3.64. The molecule has 1 aliphatic carbocycles. The Labute approximate surface area is 118 Å². The summed E-state index contributed by atoms with van der Waals surface area (Å²) in [4.78, 5) is 23.3. The van der Waals surface area contributed by atoms with Crippen molar-refractivity contribution < 1.29 is 14.7 Å². The van der Waals surface area contributed by atoms with E-state index in [1.165, 1.54) is 0 Å². The lowest BCUT2D eigenvalue weighted by molar-refractivity contribution is -0.299. The van der Waals surface area contributed by atoms with Crippen LogP contribution in [-0.2, 0) is 9.59 Å². The monoisotopic (exact) mass is 272 g/mol. The summed E-state index contributed by atoms with van der Waals surface area (Å²) in [5.41, 5.74) is 1.53. The van der Waals surface area contributed by atoms with Gasteiger partial charge in [0.2, 0.25) is 5.91 Å². The highest BCUT2D eigenvalue weighted by molar-refractivity contribution is 6.01. The molecular formula is C16H18NO3-. The van der Waals surface area contributed by atoms with Crippen LogP contribution in [0.15, 0.2) is 41.5 Å². The van der Waals surface area contributed by atoms with Crippen LogP contribution in [0.1, 0.15) is 44.2 Å². The van der Waals surface area contributed by atoms with Crippen LogP contribution in [0.2, 0.25) is 0 Å². The van der Waals surface area contributed by atoms with Crippen molar-refractivity contribution in [1.29, 1.82) is 0 Å². The predicted octanol–water partition coefficient (Wildman–Crippen LogP) is 1.48. The van der Waals surface area contributed by atoms with Gasteiger partial charge in [0, 0.05) is 5.57 Å². The van der Waals surface area contributed by atoms with Crippen molar-refractivity contribution >= 4 is 11.9 Å². The van der Waals surface area contributed by atoms with E-state index >= 15 is 0 Å². The third kappa shape index (κ3) is 3.26. The zero-order valence-electron chi connectivity index (χ0n) is 11.5. The number of hydrogen-bond acceptors (Lipinski definition) is 3. The van der Waals surface area contributed by atoms with E-state index in [1.807, 2.05) is 37.3 Å². The second kappa shape index (κ2) is 6.37. The summed E-state index contributed by atoms with van der Waals surface area (Å²) < 4.78 is 0. The number of rotatable bonds is 4. The summed E-state index contributed by atoms with van der Waals surface area (Å²) in [7, 11) is 0. The highest BCUT2D eigenvalue weighted by Crippen LogP contribution is 2.25. The van der Waals surface area contributed by atoms with E-state index in [2.05, 4.69) is 5.32 Å². The Balaban J connectivity index is 2.13. The summed E-state index contributed by atoms with van der Waals surface area (Å²) >= 11 is 0. The molecule has 1 aromatic carbocycles. The minimum atomic E-state index is -1.22. The van der Waals surface area contributed by atoms with Gasteiger partial charge >= 0.3 is 0 Å². The van der Waals surface area contributed by atoms with Crippen LogP contribution in [0.3, 0.4) is 0 Å². The molecule has 0 heterocycles. The van der Waals surface area contributed by atoms with Crippen LogP contribution < -0.4 is 10.4 Å². The number of nitrogens with one attached hydrogen (secondary N) is 1. The molecule has 0 spiro atoms. The summed E-state index contributed by atoms with van der Waals surface area (Å²) in [6.07, 6.45) is 2.58. The van der Waals surface area contributed by atoms with Crippen molar-refractivity contribution in [1.82, 2.24) is 5.32 Å². The number of carboxylic acids is 1. The molecule has 0 aromatic heterocycles. The molecule has 1 aromatic rings. The van der Waals surface area contributed by atoms with Gasteiger partial charge in [0.25, 0.3) is 0 Å². The van der Waals surface area contributed by atoms with Crippen LogP contribution in [-0.4, -0.2) is 11.9 Å². The summed E-state index contributed by atoms with van der Waals surface area (Å²) in [6.45, 7) is 1.88. The predicted molar refractivity (Wildman–Crippen MR) is 73.5 cm³/mol. The van der Waals surface area contributed by atoms with E-state index in [1.54, 1.807) is 0 Å². The van der Waals surface area contributed by atoms with Gasteiger partial charge in [-0.1, -0.05) is 30.3 Å². The lowest BCUT2D eigenvalue weighted by Gasteiger charge is -2.22. The summed E-state index contributed by atoms with van der Waals surface area (Å²) in [5, 5.41) is 13.9. The second-order valence-corrected chi connectivity index (χ2v) is 5.06. The van der Waals surface area contributed by atoms with Crippen molar-refractivity contribution in [3.05, 3.63) is 47.0 Å². The van der Waals surface area contributed by atoms with Crippen LogP contribution in [0.5, 0.6) is 0 Å². The molecule has 2 rings (SSSR count). The third-order valence-electron chi connectivity index (χ3n) is 3.64. The molecule has 4 heteroatoms. The minimum Gasteiger partial charge on any atom is -0.545 e. The van der Waals surface area contributed by atoms with Gasteiger partial charge in [-0.2, -0.15) is 0 Å². The van der Waals surface area contributed by atoms with Crippen molar-refractivity contribution in [3.8, 4) is 0 Å². The van der Waals surface area contributed by atoms with E-state index in [0.29, 0.717) is 18.4 Å². The molecule has 1 atom stereocenters. The van der Waals surface area contributed by atoms with E-state index in [9.17, 15) is 14.7 Å².